The number of aromatic nitrogens is 2. The first-order chi connectivity index (χ1) is 9.96. The van der Waals surface area contributed by atoms with Gasteiger partial charge in [0.15, 0.2) is 9.84 Å². The van der Waals surface area contributed by atoms with E-state index in [1.807, 2.05) is 11.6 Å². The molecule has 2 fully saturated rings. The molecule has 0 saturated carbocycles. The first kappa shape index (κ1) is 15.0. The van der Waals surface area contributed by atoms with E-state index in [-0.39, 0.29) is 11.8 Å². The van der Waals surface area contributed by atoms with Crippen molar-refractivity contribution in [2.45, 2.75) is 32.9 Å². The Morgan fingerprint density at radius 2 is 2.00 bits per heavy atom. The molecule has 1 atom stereocenters. The predicted molar refractivity (Wildman–Crippen MR) is 82.2 cm³/mol. The lowest BCUT2D eigenvalue weighted by Gasteiger charge is -2.27. The van der Waals surface area contributed by atoms with Crippen LogP contribution in [0.1, 0.15) is 29.4 Å². The van der Waals surface area contributed by atoms with Crippen LogP contribution in [-0.2, 0) is 16.4 Å². The highest BCUT2D eigenvalue weighted by molar-refractivity contribution is 7.91. The second kappa shape index (κ2) is 5.70. The van der Waals surface area contributed by atoms with Crippen molar-refractivity contribution >= 4 is 9.84 Å². The number of piperazine rings is 1. The Balaban J connectivity index is 1.79. The zero-order valence-electron chi connectivity index (χ0n) is 12.8. The number of hydrogen-bond donors (Lipinski definition) is 1. The van der Waals surface area contributed by atoms with Gasteiger partial charge in [0.1, 0.15) is 0 Å². The minimum absolute atomic E-state index is 0.0190. The molecule has 0 bridgehead atoms. The van der Waals surface area contributed by atoms with Gasteiger partial charge in [-0.25, -0.2) is 8.42 Å². The molecule has 3 heterocycles. The molecule has 1 aromatic rings. The van der Waals surface area contributed by atoms with Crippen molar-refractivity contribution < 1.29 is 8.42 Å². The summed E-state index contributed by atoms with van der Waals surface area (Å²) in [7, 11) is -2.87. The number of sulfone groups is 1. The summed E-state index contributed by atoms with van der Waals surface area (Å²) >= 11 is 0. The molecule has 0 spiro atoms. The maximum Gasteiger partial charge on any atom is 0.152 e. The Hall–Kier alpha value is -0.920. The van der Waals surface area contributed by atoms with E-state index in [0.717, 1.165) is 44.1 Å². The zero-order valence-corrected chi connectivity index (χ0v) is 13.6. The van der Waals surface area contributed by atoms with Crippen LogP contribution in [0.25, 0.3) is 0 Å². The Morgan fingerprint density at radius 3 is 2.62 bits per heavy atom. The van der Waals surface area contributed by atoms with Gasteiger partial charge in [0.2, 0.25) is 0 Å². The van der Waals surface area contributed by atoms with Crippen molar-refractivity contribution in [3.8, 4) is 0 Å². The maximum absolute atomic E-state index is 11.7. The summed E-state index contributed by atoms with van der Waals surface area (Å²) in [4.78, 5) is 2.43. The molecule has 2 aliphatic heterocycles. The molecule has 1 N–H and O–H groups in total. The average molecular weight is 312 g/mol. The third kappa shape index (κ3) is 3.14. The molecule has 6 nitrogen and oxygen atoms in total. The fourth-order valence-corrected chi connectivity index (χ4v) is 5.03. The summed E-state index contributed by atoms with van der Waals surface area (Å²) < 4.78 is 25.3. The van der Waals surface area contributed by atoms with E-state index in [4.69, 9.17) is 0 Å². The smallest absolute Gasteiger partial charge is 0.152 e. The summed E-state index contributed by atoms with van der Waals surface area (Å²) in [6.07, 6.45) is 0.692. The van der Waals surface area contributed by atoms with Crippen molar-refractivity contribution in [3.63, 3.8) is 0 Å². The van der Waals surface area contributed by atoms with Gasteiger partial charge in [-0.15, -0.1) is 0 Å². The lowest BCUT2D eigenvalue weighted by molar-refractivity contribution is 0.232. The van der Waals surface area contributed by atoms with Crippen LogP contribution in [0.2, 0.25) is 0 Å². The fourth-order valence-electron chi connectivity index (χ4n) is 3.34. The Morgan fingerprint density at radius 1 is 1.29 bits per heavy atom. The van der Waals surface area contributed by atoms with Gasteiger partial charge >= 0.3 is 0 Å². The van der Waals surface area contributed by atoms with Crippen LogP contribution in [0.5, 0.6) is 0 Å². The second-order valence-corrected chi connectivity index (χ2v) is 8.41. The van der Waals surface area contributed by atoms with Crippen LogP contribution in [0, 0.1) is 13.8 Å². The minimum Gasteiger partial charge on any atom is -0.314 e. The van der Waals surface area contributed by atoms with E-state index in [1.165, 1.54) is 5.56 Å². The van der Waals surface area contributed by atoms with E-state index in [1.54, 1.807) is 0 Å². The van der Waals surface area contributed by atoms with Crippen molar-refractivity contribution in [3.05, 3.63) is 17.0 Å². The van der Waals surface area contributed by atoms with Gasteiger partial charge in [0, 0.05) is 44.0 Å². The SMILES string of the molecule is Cc1nn([C@@H]2CCS(=O)(=O)C2)c(C)c1CN1CCNCC1. The molecule has 0 unspecified atom stereocenters. The highest BCUT2D eigenvalue weighted by atomic mass is 32.2. The monoisotopic (exact) mass is 312 g/mol. The van der Waals surface area contributed by atoms with Gasteiger partial charge in [-0.1, -0.05) is 0 Å². The van der Waals surface area contributed by atoms with Crippen LogP contribution in [0.4, 0.5) is 0 Å². The molecule has 21 heavy (non-hydrogen) atoms. The van der Waals surface area contributed by atoms with Gasteiger partial charge < -0.3 is 5.32 Å². The van der Waals surface area contributed by atoms with Crippen LogP contribution < -0.4 is 5.32 Å². The first-order valence-corrected chi connectivity index (χ1v) is 9.46. The van der Waals surface area contributed by atoms with Gasteiger partial charge in [0.25, 0.3) is 0 Å². The number of aryl methyl sites for hydroxylation is 1. The van der Waals surface area contributed by atoms with Gasteiger partial charge in [0.05, 0.1) is 23.2 Å². The molecule has 118 valence electrons. The molecule has 0 amide bonds. The van der Waals surface area contributed by atoms with E-state index in [9.17, 15) is 8.42 Å². The molecule has 2 saturated heterocycles. The summed E-state index contributed by atoms with van der Waals surface area (Å²) in [5.41, 5.74) is 3.43. The van der Waals surface area contributed by atoms with Gasteiger partial charge in [-0.05, 0) is 20.3 Å². The Kier molecular flexibility index (Phi) is 4.07. The molecular weight excluding hydrogens is 288 g/mol. The minimum atomic E-state index is -2.87. The molecular formula is C14H24N4O2S. The standard InChI is InChI=1S/C14H24N4O2S/c1-11-14(9-17-6-4-15-5-7-17)12(2)18(16-11)13-3-8-21(19,20)10-13/h13,15H,3-10H2,1-2H3/t13-/m1/s1. The molecule has 0 radical (unpaired) electrons. The van der Waals surface area contributed by atoms with E-state index in [2.05, 4.69) is 22.2 Å². The van der Waals surface area contributed by atoms with Crippen LogP contribution in [0.3, 0.4) is 0 Å². The lowest BCUT2D eigenvalue weighted by Crippen LogP contribution is -2.43. The maximum atomic E-state index is 11.7. The largest absolute Gasteiger partial charge is 0.314 e. The highest BCUT2D eigenvalue weighted by Crippen LogP contribution is 2.27. The Bertz CT molecular complexity index is 617. The third-order valence-corrected chi connectivity index (χ3v) is 6.37. The molecule has 1 aromatic heterocycles. The van der Waals surface area contributed by atoms with E-state index < -0.39 is 9.84 Å². The molecule has 3 rings (SSSR count). The lowest BCUT2D eigenvalue weighted by atomic mass is 10.1. The number of rotatable bonds is 3. The van der Waals surface area contributed by atoms with Gasteiger partial charge in [-0.3, -0.25) is 9.58 Å². The first-order valence-electron chi connectivity index (χ1n) is 7.64. The van der Waals surface area contributed by atoms with Crippen LogP contribution in [-0.4, -0.2) is 60.8 Å². The normalized spacial score (nSPS) is 26.3. The second-order valence-electron chi connectivity index (χ2n) is 6.18. The van der Waals surface area contributed by atoms with Crippen molar-refractivity contribution in [1.29, 1.82) is 0 Å². The summed E-state index contributed by atoms with van der Waals surface area (Å²) in [5, 5.41) is 7.99. The fraction of sp³-hybridized carbons (Fsp3) is 0.786. The van der Waals surface area contributed by atoms with Crippen molar-refractivity contribution in [2.24, 2.45) is 0 Å². The quantitative estimate of drug-likeness (QED) is 0.867. The summed E-state index contributed by atoms with van der Waals surface area (Å²) in [6, 6.07) is 0.0190. The third-order valence-electron chi connectivity index (χ3n) is 4.62. The Labute approximate surface area is 126 Å². The molecule has 2 aliphatic rings. The zero-order chi connectivity index (χ0) is 15.0. The van der Waals surface area contributed by atoms with Crippen molar-refractivity contribution in [1.82, 2.24) is 20.0 Å². The van der Waals surface area contributed by atoms with Crippen LogP contribution >= 0.6 is 0 Å². The molecule has 7 heteroatoms. The van der Waals surface area contributed by atoms with E-state index >= 15 is 0 Å². The summed E-state index contributed by atoms with van der Waals surface area (Å²) in [5.74, 6) is 0.533. The predicted octanol–water partition coefficient (Wildman–Crippen LogP) is 0.265. The number of hydrogen-bond acceptors (Lipinski definition) is 5. The molecule has 0 aromatic carbocycles. The van der Waals surface area contributed by atoms with Crippen LogP contribution in [0.15, 0.2) is 0 Å². The average Bonchev–Trinajstić information content (AvgIpc) is 2.94. The van der Waals surface area contributed by atoms with E-state index in [0.29, 0.717) is 12.2 Å². The van der Waals surface area contributed by atoms with Gasteiger partial charge in [-0.2, -0.15) is 5.10 Å². The van der Waals surface area contributed by atoms with Crippen molar-refractivity contribution in [2.75, 3.05) is 37.7 Å². The number of nitrogens with one attached hydrogen (secondary N) is 1. The summed E-state index contributed by atoms with van der Waals surface area (Å²) in [6.45, 7) is 9.20. The molecule has 0 aliphatic carbocycles. The highest BCUT2D eigenvalue weighted by Gasteiger charge is 2.31. The number of nitrogens with zero attached hydrogens (tertiary/aromatic N) is 3. The topological polar surface area (TPSA) is 67.2 Å².